The second-order valence-electron chi connectivity index (χ2n) is 7.01. The van der Waals surface area contributed by atoms with E-state index in [1.165, 1.54) is 24.3 Å². The first-order valence-electron chi connectivity index (χ1n) is 8.18. The van der Waals surface area contributed by atoms with Crippen molar-refractivity contribution in [3.8, 4) is 11.3 Å². The summed E-state index contributed by atoms with van der Waals surface area (Å²) in [5.74, 6) is -1.34. The number of nitrogens with zero attached hydrogens (tertiary/aromatic N) is 1. The predicted octanol–water partition coefficient (Wildman–Crippen LogP) is 4.21. The molecule has 0 unspecified atom stereocenters. The van der Waals surface area contributed by atoms with Gasteiger partial charge in [-0.2, -0.15) is 0 Å². The molecule has 1 aromatic carbocycles. The van der Waals surface area contributed by atoms with E-state index in [4.69, 9.17) is 5.73 Å². The van der Waals surface area contributed by atoms with E-state index in [9.17, 15) is 9.18 Å². The maximum atomic E-state index is 15.2. The lowest BCUT2D eigenvalue weighted by molar-refractivity contribution is -0.122. The smallest absolute Gasteiger partial charge is 0.227 e. The van der Waals surface area contributed by atoms with Crippen molar-refractivity contribution < 1.29 is 13.6 Å². The Balaban J connectivity index is 2.22. The second kappa shape index (κ2) is 6.06. The van der Waals surface area contributed by atoms with Gasteiger partial charge in [0.05, 0.1) is 11.1 Å². The van der Waals surface area contributed by atoms with E-state index in [2.05, 4.69) is 11.6 Å². The Hall–Kier alpha value is -2.56. The Labute approximate surface area is 145 Å². The lowest BCUT2D eigenvalue weighted by Gasteiger charge is -2.24. The number of carbonyl (C=O) groups excluding carboxylic acids is 1. The minimum atomic E-state index is -1.21. The third-order valence-corrected chi connectivity index (χ3v) is 4.76. The van der Waals surface area contributed by atoms with Crippen LogP contribution < -0.4 is 5.73 Å². The summed E-state index contributed by atoms with van der Waals surface area (Å²) in [6.45, 7) is 7.22. The highest BCUT2D eigenvalue weighted by molar-refractivity contribution is 5.86. The van der Waals surface area contributed by atoms with Gasteiger partial charge in [0.25, 0.3) is 0 Å². The van der Waals surface area contributed by atoms with Gasteiger partial charge in [-0.05, 0) is 68.5 Å². The highest BCUT2D eigenvalue weighted by Crippen LogP contribution is 2.42. The first-order chi connectivity index (χ1) is 11.7. The van der Waals surface area contributed by atoms with Crippen LogP contribution in [-0.4, -0.2) is 10.9 Å². The molecule has 1 heterocycles. The van der Waals surface area contributed by atoms with Crippen LogP contribution in [0.4, 0.5) is 8.78 Å². The first-order valence-corrected chi connectivity index (χ1v) is 8.18. The molecule has 1 aliphatic carbocycles. The van der Waals surface area contributed by atoms with Crippen LogP contribution in [0.5, 0.6) is 0 Å². The van der Waals surface area contributed by atoms with E-state index in [-0.39, 0.29) is 11.3 Å². The quantitative estimate of drug-likeness (QED) is 0.885. The molecule has 25 heavy (non-hydrogen) atoms. The van der Waals surface area contributed by atoms with Crippen molar-refractivity contribution in [1.82, 2.24) is 4.98 Å². The van der Waals surface area contributed by atoms with Crippen LogP contribution in [0.25, 0.3) is 16.8 Å². The molecule has 1 saturated carbocycles. The minimum Gasteiger partial charge on any atom is -0.369 e. The van der Waals surface area contributed by atoms with E-state index in [1.807, 2.05) is 0 Å². The molecule has 0 bridgehead atoms. The van der Waals surface area contributed by atoms with Crippen molar-refractivity contribution in [3.63, 3.8) is 0 Å². The number of amides is 1. The number of hydrogen-bond donors (Lipinski definition) is 1. The summed E-state index contributed by atoms with van der Waals surface area (Å²) in [5.41, 5.74) is 6.33. The van der Waals surface area contributed by atoms with Crippen molar-refractivity contribution >= 4 is 11.5 Å². The Kier molecular flexibility index (Phi) is 4.19. The van der Waals surface area contributed by atoms with Crippen molar-refractivity contribution in [2.45, 2.75) is 32.1 Å². The van der Waals surface area contributed by atoms with Crippen molar-refractivity contribution in [2.24, 2.45) is 11.7 Å². The van der Waals surface area contributed by atoms with Crippen molar-refractivity contribution in [1.29, 1.82) is 0 Å². The number of carbonyl (C=O) groups is 1. The van der Waals surface area contributed by atoms with Gasteiger partial charge in [-0.1, -0.05) is 6.58 Å². The summed E-state index contributed by atoms with van der Waals surface area (Å²) in [4.78, 5) is 16.3. The average molecular weight is 342 g/mol. The van der Waals surface area contributed by atoms with E-state index in [0.29, 0.717) is 17.2 Å². The monoisotopic (exact) mass is 342 g/mol. The number of allylic oxidation sites excluding steroid dienone is 1. The Bertz CT molecular complexity index is 853. The maximum absolute atomic E-state index is 15.2. The number of rotatable bonds is 5. The predicted molar refractivity (Wildman–Crippen MR) is 93.6 cm³/mol. The molecule has 1 aromatic heterocycles. The zero-order valence-corrected chi connectivity index (χ0v) is 14.3. The molecule has 0 saturated heterocycles. The summed E-state index contributed by atoms with van der Waals surface area (Å²) in [6, 6.07) is 6.99. The molecule has 2 N–H and O–H groups in total. The van der Waals surface area contributed by atoms with E-state index >= 15 is 4.39 Å². The number of benzene rings is 1. The third kappa shape index (κ3) is 3.18. The van der Waals surface area contributed by atoms with Crippen LogP contribution in [0.3, 0.4) is 0 Å². The number of pyridine rings is 1. The lowest BCUT2D eigenvalue weighted by Crippen LogP contribution is -2.36. The molecular formula is C20H20F2N2O. The van der Waals surface area contributed by atoms with Gasteiger partial charge in [0, 0.05) is 11.1 Å². The molecule has 1 amide bonds. The maximum Gasteiger partial charge on any atom is 0.227 e. The Morgan fingerprint density at radius 3 is 2.36 bits per heavy atom. The molecule has 0 radical (unpaired) electrons. The Morgan fingerprint density at radius 1 is 1.24 bits per heavy atom. The molecule has 130 valence electrons. The molecule has 2 aromatic rings. The zero-order chi connectivity index (χ0) is 18.4. The van der Waals surface area contributed by atoms with Crippen LogP contribution in [0.1, 0.15) is 37.9 Å². The van der Waals surface area contributed by atoms with Gasteiger partial charge in [0.2, 0.25) is 5.91 Å². The average Bonchev–Trinajstić information content (AvgIpc) is 3.40. The number of primary amides is 1. The molecule has 3 nitrogen and oxygen atoms in total. The fraction of sp³-hybridized carbons (Fsp3) is 0.300. The number of halogens is 2. The van der Waals surface area contributed by atoms with Gasteiger partial charge in [0.1, 0.15) is 11.5 Å². The molecule has 1 fully saturated rings. The number of aromatic nitrogens is 1. The molecule has 0 aliphatic heterocycles. The molecular weight excluding hydrogens is 322 g/mol. The highest BCUT2D eigenvalue weighted by Gasteiger charge is 2.34. The van der Waals surface area contributed by atoms with Crippen LogP contribution in [0.15, 0.2) is 36.9 Å². The molecule has 5 heteroatoms. The topological polar surface area (TPSA) is 56.0 Å². The van der Waals surface area contributed by atoms with Crippen molar-refractivity contribution in [2.75, 3.05) is 0 Å². The number of hydrogen-bond acceptors (Lipinski definition) is 2. The van der Waals surface area contributed by atoms with Crippen LogP contribution in [0, 0.1) is 17.6 Å². The van der Waals surface area contributed by atoms with Gasteiger partial charge in [0.15, 0.2) is 5.82 Å². The molecule has 0 spiro atoms. The second-order valence-corrected chi connectivity index (χ2v) is 7.01. The van der Waals surface area contributed by atoms with Gasteiger partial charge >= 0.3 is 0 Å². The third-order valence-electron chi connectivity index (χ3n) is 4.76. The number of nitrogens with two attached hydrogens (primary N) is 1. The highest BCUT2D eigenvalue weighted by atomic mass is 19.1. The normalized spacial score (nSPS) is 14.4. The van der Waals surface area contributed by atoms with E-state index in [0.717, 1.165) is 18.4 Å². The SMILES string of the molecule is C=C(c1cc(C(C)(C)C(N)=O)c(F)c(-c2ccc(F)cc2)n1)C1CC1. The van der Waals surface area contributed by atoms with Gasteiger partial charge < -0.3 is 5.73 Å². The molecule has 0 atom stereocenters. The fourth-order valence-electron chi connectivity index (χ4n) is 2.72. The fourth-order valence-corrected chi connectivity index (χ4v) is 2.72. The standard InChI is InChI=1S/C20H20F2N2O/c1-11(12-4-5-12)16-10-15(20(2,3)19(23)25)17(22)18(24-16)13-6-8-14(21)9-7-13/h6-10,12H,1,4-5H2,2-3H3,(H2,23,25). The largest absolute Gasteiger partial charge is 0.369 e. The molecule has 3 rings (SSSR count). The van der Waals surface area contributed by atoms with Crippen LogP contribution >= 0.6 is 0 Å². The van der Waals surface area contributed by atoms with Gasteiger partial charge in [-0.25, -0.2) is 13.8 Å². The van der Waals surface area contributed by atoms with Gasteiger partial charge in [-0.3, -0.25) is 4.79 Å². The van der Waals surface area contributed by atoms with E-state index in [1.54, 1.807) is 19.9 Å². The summed E-state index contributed by atoms with van der Waals surface area (Å²) >= 11 is 0. The van der Waals surface area contributed by atoms with Crippen LogP contribution in [0.2, 0.25) is 0 Å². The molecule has 1 aliphatic rings. The van der Waals surface area contributed by atoms with E-state index < -0.39 is 23.0 Å². The first kappa shape index (κ1) is 17.3. The van der Waals surface area contributed by atoms with Crippen molar-refractivity contribution in [3.05, 3.63) is 59.8 Å². The Morgan fingerprint density at radius 2 is 1.84 bits per heavy atom. The summed E-state index contributed by atoms with van der Waals surface area (Å²) in [7, 11) is 0. The van der Waals surface area contributed by atoms with Gasteiger partial charge in [-0.15, -0.1) is 0 Å². The zero-order valence-electron chi connectivity index (χ0n) is 14.3. The lowest BCUT2D eigenvalue weighted by atomic mass is 9.82. The van der Waals surface area contributed by atoms with Crippen LogP contribution in [-0.2, 0) is 10.2 Å². The summed E-state index contributed by atoms with van der Waals surface area (Å²) < 4.78 is 28.4. The summed E-state index contributed by atoms with van der Waals surface area (Å²) in [6.07, 6.45) is 2.05. The summed E-state index contributed by atoms with van der Waals surface area (Å²) in [5, 5.41) is 0. The minimum absolute atomic E-state index is 0.0728.